The smallest absolute Gasteiger partial charge is 0.368 e. The molecule has 0 aliphatic carbocycles. The average molecular weight is 1000 g/mol. The molecule has 0 saturated heterocycles. The molecule has 0 spiro atoms. The maximum Gasteiger partial charge on any atom is 0.368 e. The molecule has 354 valence electrons. The van der Waals surface area contributed by atoms with E-state index in [1.54, 1.807) is 36.7 Å². The third-order valence-corrected chi connectivity index (χ3v) is 10.1. The zero-order chi connectivity index (χ0) is 50.4. The molecule has 0 atom stereocenters. The second-order valence-corrected chi connectivity index (χ2v) is 14.2. The Morgan fingerprint density at radius 1 is 0.471 bits per heavy atom. The van der Waals surface area contributed by atoms with Crippen LogP contribution in [0.3, 0.4) is 0 Å². The Balaban J connectivity index is 0.000000276. The van der Waals surface area contributed by atoms with Gasteiger partial charge in [0, 0.05) is 10.6 Å². The Kier molecular flexibility index (Phi) is 14.2. The normalized spacial score (nSPS) is 11.4. The molecule has 0 amide bonds. The van der Waals surface area contributed by atoms with E-state index in [0.717, 1.165) is 5.56 Å². The van der Waals surface area contributed by atoms with E-state index in [9.17, 15) is 57.5 Å². The van der Waals surface area contributed by atoms with Crippen molar-refractivity contribution in [2.75, 3.05) is 0 Å². The number of carbonyl (C=O) groups excluding carboxylic acids is 1. The van der Waals surface area contributed by atoms with Crippen LogP contribution in [-0.2, 0) is 6.54 Å². The number of ether oxygens (including phenoxy) is 1. The van der Waals surface area contributed by atoms with Gasteiger partial charge in [0.1, 0.15) is 58.4 Å². The third kappa shape index (κ3) is 8.42. The van der Waals surface area contributed by atoms with Crippen molar-refractivity contribution < 1.29 is 102 Å². The highest BCUT2D eigenvalue weighted by molar-refractivity contribution is 7.20. The molecule has 0 radical (unpaired) electrons. The van der Waals surface area contributed by atoms with Crippen LogP contribution >= 0.6 is 11.6 Å². The van der Waals surface area contributed by atoms with Gasteiger partial charge in [-0.05, 0) is 18.2 Å². The van der Waals surface area contributed by atoms with E-state index in [1.807, 2.05) is 41.1 Å². The van der Waals surface area contributed by atoms with Crippen LogP contribution in [0, 0.1) is 116 Å². The molecule has 0 saturated carbocycles. The summed E-state index contributed by atoms with van der Waals surface area (Å²) < 4.78 is 301. The maximum atomic E-state index is 15.4. The van der Waals surface area contributed by atoms with Crippen molar-refractivity contribution >= 4 is 45.6 Å². The van der Waals surface area contributed by atoms with E-state index in [0.29, 0.717) is 17.3 Å². The largest absolute Gasteiger partial charge is 0.422 e. The molecule has 0 fully saturated rings. The average Bonchev–Trinajstić information content (AvgIpc) is 3.32. The molecule has 7 aromatic rings. The second-order valence-electron chi connectivity index (χ2n) is 13.7. The fourth-order valence-corrected chi connectivity index (χ4v) is 7.18. The van der Waals surface area contributed by atoms with E-state index in [4.69, 9.17) is 16.3 Å². The van der Waals surface area contributed by atoms with E-state index >= 15 is 35.1 Å². The van der Waals surface area contributed by atoms with Gasteiger partial charge in [-0.1, -0.05) is 48.0 Å². The highest BCUT2D eigenvalue weighted by atomic mass is 35.5. The first kappa shape index (κ1) is 50.2. The number of esters is 1. The molecule has 6 aromatic carbocycles. The number of benzene rings is 6. The minimum absolute atomic E-state index is 0.239. The summed E-state index contributed by atoms with van der Waals surface area (Å²) in [4.78, 5) is 16.3. The zero-order valence-corrected chi connectivity index (χ0v) is 33.1. The lowest BCUT2D eigenvalue weighted by molar-refractivity contribution is -0.689. The number of rotatable bonds is 8. The Bertz CT molecular complexity index is 2800. The molecule has 4 nitrogen and oxygen atoms in total. The molecule has 0 unspecified atom stereocenters. The van der Waals surface area contributed by atoms with Crippen LogP contribution in [0.2, 0.25) is 5.02 Å². The van der Waals surface area contributed by atoms with Crippen molar-refractivity contribution in [1.82, 2.24) is 4.98 Å². The number of hydrogen-bond acceptors (Lipinski definition) is 3. The Morgan fingerprint density at radius 2 is 0.809 bits per heavy atom. The lowest BCUT2D eigenvalue weighted by Crippen LogP contribution is -2.81. The molecule has 0 bridgehead atoms. The van der Waals surface area contributed by atoms with E-state index in [1.165, 1.54) is 0 Å². The van der Waals surface area contributed by atoms with E-state index in [-0.39, 0.29) is 5.69 Å². The van der Waals surface area contributed by atoms with Crippen LogP contribution in [0.25, 0.3) is 0 Å². The van der Waals surface area contributed by atoms with Crippen molar-refractivity contribution in [2.24, 2.45) is 0 Å². The van der Waals surface area contributed by atoms with E-state index in [2.05, 4.69) is 4.98 Å². The number of halogens is 21. The van der Waals surface area contributed by atoms with Gasteiger partial charge in [-0.2, -0.15) is 4.57 Å². The predicted molar refractivity (Wildman–Crippen MR) is 196 cm³/mol. The zero-order valence-electron chi connectivity index (χ0n) is 32.4. The van der Waals surface area contributed by atoms with Gasteiger partial charge in [-0.3, -0.25) is 0 Å². The summed E-state index contributed by atoms with van der Waals surface area (Å²) in [5.74, 6) is -71.5. The summed E-state index contributed by atoms with van der Waals surface area (Å²) in [5.41, 5.74) is -13.0. The Morgan fingerprint density at radius 3 is 1.15 bits per heavy atom. The van der Waals surface area contributed by atoms with Crippen molar-refractivity contribution in [3.05, 3.63) is 206 Å². The van der Waals surface area contributed by atoms with Crippen molar-refractivity contribution in [1.29, 1.82) is 0 Å². The van der Waals surface area contributed by atoms with Gasteiger partial charge >= 0.3 is 5.97 Å². The fourth-order valence-electron chi connectivity index (χ4n) is 6.99. The lowest BCUT2D eigenvalue weighted by Gasteiger charge is -2.44. The van der Waals surface area contributed by atoms with Crippen LogP contribution < -0.4 is 31.2 Å². The molecule has 0 N–H and O–H groups in total. The summed E-state index contributed by atoms with van der Waals surface area (Å²) in [5, 5.41) is 0.510. The first-order valence-electron chi connectivity index (χ1n) is 18.0. The summed E-state index contributed by atoms with van der Waals surface area (Å²) in [6.07, 6.45) is -2.16. The molecule has 0 aliphatic rings. The lowest BCUT2D eigenvalue weighted by atomic mass is 9.12. The highest BCUT2D eigenvalue weighted by Crippen LogP contribution is 2.31. The van der Waals surface area contributed by atoms with Gasteiger partial charge < -0.3 is 4.74 Å². The topological polar surface area (TPSA) is 43.1 Å². The molecular formula is C42H14BClF20N2O2. The van der Waals surface area contributed by atoms with E-state index < -0.39 is 150 Å². The molecule has 7 rings (SSSR count). The van der Waals surface area contributed by atoms with Crippen LogP contribution in [-0.4, -0.2) is 17.1 Å². The van der Waals surface area contributed by atoms with Gasteiger partial charge in [0.15, 0.2) is 82.5 Å². The van der Waals surface area contributed by atoms with Gasteiger partial charge in [-0.15, -0.1) is 21.9 Å². The summed E-state index contributed by atoms with van der Waals surface area (Å²) in [6.45, 7) is 0.654. The molecule has 26 heteroatoms. The van der Waals surface area contributed by atoms with Gasteiger partial charge in [-0.25, -0.2) is 97.6 Å². The SMILES string of the molecule is Fc1c(F)c(F)c([B-](c2c(F)c(F)c(F)c(F)c2F)(c2c(F)c(F)c(F)c(F)c2F)c2c(F)c(F)c(F)c(F)c2F)c(F)c1F.O=C(Oc1cccc(Cl)c1)c1c[n+](Cc2ccccc2)ccn1. The maximum absolute atomic E-state index is 15.4. The summed E-state index contributed by atoms with van der Waals surface area (Å²) in [6, 6.07) is 16.7. The van der Waals surface area contributed by atoms with Crippen LogP contribution in [0.15, 0.2) is 73.2 Å². The summed E-state index contributed by atoms with van der Waals surface area (Å²) >= 11 is 5.88. The van der Waals surface area contributed by atoms with Gasteiger partial charge in [0.05, 0.1) is 6.20 Å². The first-order chi connectivity index (χ1) is 31.9. The van der Waals surface area contributed by atoms with Crippen molar-refractivity contribution in [3.63, 3.8) is 0 Å². The number of hydrogen-bond donors (Lipinski definition) is 0. The standard InChI is InChI=1S/C24BF20.C18H14ClN2O2/c26-5-1(6(27)14(35)21(42)13(5)34)25(2-7(28)15(36)22(43)16(37)8(2)29,3-9(30)17(38)23(44)18(39)10(3)31)4-11(32)19(40)24(45)20(41)12(4)33;19-15-7-4-8-16(11-15)23-18(22)17-13-21(10-9-20-17)12-14-5-2-1-3-6-14/h;1-11,13H,12H2/q-1;+1. The fraction of sp³-hybridized carbons (Fsp3) is 0.0238. The highest BCUT2D eigenvalue weighted by Gasteiger charge is 2.52. The minimum atomic E-state index is -7.22. The van der Waals surface area contributed by atoms with Crippen molar-refractivity contribution in [2.45, 2.75) is 6.54 Å². The molecule has 1 aromatic heterocycles. The molecule has 0 aliphatic heterocycles. The number of carbonyl (C=O) groups is 1. The van der Waals surface area contributed by atoms with Crippen LogP contribution in [0.4, 0.5) is 87.8 Å². The first-order valence-corrected chi connectivity index (χ1v) is 18.4. The Hall–Kier alpha value is -7.18. The van der Waals surface area contributed by atoms with Gasteiger partial charge in [0.2, 0.25) is 11.9 Å². The summed E-state index contributed by atoms with van der Waals surface area (Å²) in [7, 11) is 0. The van der Waals surface area contributed by atoms with Crippen LogP contribution in [0.5, 0.6) is 5.75 Å². The van der Waals surface area contributed by atoms with Crippen LogP contribution in [0.1, 0.15) is 16.1 Å². The quantitative estimate of drug-likeness (QED) is 0.0291. The minimum Gasteiger partial charge on any atom is -0.422 e. The Labute approximate surface area is 370 Å². The number of aromatic nitrogens is 2. The predicted octanol–water partition coefficient (Wildman–Crippen LogP) is 9.14. The molecular weight excluding hydrogens is 991 g/mol. The second kappa shape index (κ2) is 19.2. The number of nitrogens with zero attached hydrogens (tertiary/aromatic N) is 2. The third-order valence-electron chi connectivity index (χ3n) is 9.89. The molecule has 1 heterocycles. The monoisotopic (exact) mass is 1000 g/mol. The van der Waals surface area contributed by atoms with Gasteiger partial charge in [0.25, 0.3) is 0 Å². The molecule has 68 heavy (non-hydrogen) atoms. The van der Waals surface area contributed by atoms with Crippen molar-refractivity contribution in [3.8, 4) is 5.75 Å².